The molecule has 0 aromatic heterocycles. The van der Waals surface area contributed by atoms with Crippen LogP contribution in [0.25, 0.3) is 0 Å². The first kappa shape index (κ1) is 17.1. The molecule has 15 heavy (non-hydrogen) atoms. The van der Waals surface area contributed by atoms with Crippen molar-refractivity contribution in [1.82, 2.24) is 0 Å². The third-order valence-electron chi connectivity index (χ3n) is 2.64. The molecule has 0 saturated carbocycles. The number of carboxylic acid groups (broad SMARTS) is 2. The fourth-order valence-corrected chi connectivity index (χ4v) is 1.70. The minimum atomic E-state index is -1.68. The predicted octanol–water partition coefficient (Wildman–Crippen LogP) is 1.83. The standard InChI is InChI=1S/C10H18O4.Mg.2H/c1-5-6-10(7(11)12,8(13)14)9(2,3)4;;;/h5-6H2,1-4H3,(H,11,12)(H,13,14);;;/q;+2;2*-1. The summed E-state index contributed by atoms with van der Waals surface area (Å²) in [6.07, 6.45) is 0.692. The van der Waals surface area contributed by atoms with Crippen molar-refractivity contribution >= 4 is 35.0 Å². The van der Waals surface area contributed by atoms with Gasteiger partial charge in [0.25, 0.3) is 0 Å². The molecule has 0 aromatic rings. The first-order valence-corrected chi connectivity index (χ1v) is 4.67. The minimum absolute atomic E-state index is 0. The molecule has 0 aromatic carbocycles. The second kappa shape index (κ2) is 5.70. The van der Waals surface area contributed by atoms with Crippen LogP contribution in [0.5, 0.6) is 0 Å². The Bertz CT molecular complexity index is 237. The van der Waals surface area contributed by atoms with E-state index in [1.54, 1.807) is 27.7 Å². The van der Waals surface area contributed by atoms with Crippen molar-refractivity contribution in [3.8, 4) is 0 Å². The number of hydrogen-bond acceptors (Lipinski definition) is 2. The van der Waals surface area contributed by atoms with Gasteiger partial charge in [0, 0.05) is 0 Å². The number of carboxylic acids is 2. The molecule has 0 aliphatic carbocycles. The van der Waals surface area contributed by atoms with E-state index in [4.69, 9.17) is 10.2 Å². The van der Waals surface area contributed by atoms with Gasteiger partial charge in [-0.15, -0.1) is 0 Å². The van der Waals surface area contributed by atoms with E-state index in [0.717, 1.165) is 0 Å². The van der Waals surface area contributed by atoms with Crippen LogP contribution in [0.4, 0.5) is 0 Å². The van der Waals surface area contributed by atoms with Gasteiger partial charge in [0.15, 0.2) is 5.41 Å². The van der Waals surface area contributed by atoms with E-state index in [1.165, 1.54) is 0 Å². The molecule has 0 fully saturated rings. The van der Waals surface area contributed by atoms with Crippen LogP contribution in [-0.2, 0) is 9.59 Å². The topological polar surface area (TPSA) is 74.6 Å². The van der Waals surface area contributed by atoms with Crippen molar-refractivity contribution in [1.29, 1.82) is 0 Å². The largest absolute Gasteiger partial charge is 2.00 e. The van der Waals surface area contributed by atoms with E-state index >= 15 is 0 Å². The summed E-state index contributed by atoms with van der Waals surface area (Å²) in [7, 11) is 0. The Labute approximate surface area is 109 Å². The molecule has 0 rings (SSSR count). The average molecular weight is 229 g/mol. The Morgan fingerprint density at radius 3 is 1.53 bits per heavy atom. The Balaban J connectivity index is -0.000000282. The molecule has 0 atom stereocenters. The predicted molar refractivity (Wildman–Crippen MR) is 60.0 cm³/mol. The van der Waals surface area contributed by atoms with Crippen molar-refractivity contribution in [2.24, 2.45) is 10.8 Å². The monoisotopic (exact) mass is 228 g/mol. The Morgan fingerprint density at radius 2 is 1.47 bits per heavy atom. The zero-order chi connectivity index (χ0) is 11.6. The van der Waals surface area contributed by atoms with Gasteiger partial charge in [0.1, 0.15) is 0 Å². The first-order valence-electron chi connectivity index (χ1n) is 4.67. The third kappa shape index (κ3) is 3.08. The van der Waals surface area contributed by atoms with Gasteiger partial charge in [-0.05, 0) is 11.8 Å². The molecular weight excluding hydrogens is 208 g/mol. The van der Waals surface area contributed by atoms with Crippen LogP contribution in [0.1, 0.15) is 43.4 Å². The number of rotatable bonds is 4. The summed E-state index contributed by atoms with van der Waals surface area (Å²) in [5.74, 6) is -2.50. The summed E-state index contributed by atoms with van der Waals surface area (Å²) < 4.78 is 0. The summed E-state index contributed by atoms with van der Waals surface area (Å²) in [5, 5.41) is 18.2. The van der Waals surface area contributed by atoms with Gasteiger partial charge in [0.2, 0.25) is 0 Å². The smallest absolute Gasteiger partial charge is 1.00 e. The summed E-state index contributed by atoms with van der Waals surface area (Å²) in [5.41, 5.74) is -2.47. The van der Waals surface area contributed by atoms with Gasteiger partial charge in [-0.2, -0.15) is 0 Å². The Kier molecular flexibility index (Phi) is 6.50. The second-order valence-corrected chi connectivity index (χ2v) is 4.52. The maximum atomic E-state index is 11.1. The van der Waals surface area contributed by atoms with Gasteiger partial charge in [-0.1, -0.05) is 34.1 Å². The van der Waals surface area contributed by atoms with Crippen LogP contribution in [0.2, 0.25) is 0 Å². The molecule has 0 saturated heterocycles. The molecule has 86 valence electrons. The molecular formula is C10H20MgO4. The molecule has 0 amide bonds. The van der Waals surface area contributed by atoms with Crippen molar-refractivity contribution in [3.05, 3.63) is 0 Å². The fourth-order valence-electron chi connectivity index (χ4n) is 1.70. The Hall–Kier alpha value is -0.294. The maximum Gasteiger partial charge on any atom is 2.00 e. The van der Waals surface area contributed by atoms with E-state index in [9.17, 15) is 9.59 Å². The summed E-state index contributed by atoms with van der Waals surface area (Å²) in [6.45, 7) is 6.72. The molecule has 2 N–H and O–H groups in total. The van der Waals surface area contributed by atoms with Crippen LogP contribution >= 0.6 is 0 Å². The van der Waals surface area contributed by atoms with E-state index < -0.39 is 22.8 Å². The number of hydrogen-bond donors (Lipinski definition) is 2. The molecule has 0 bridgehead atoms. The fraction of sp³-hybridized carbons (Fsp3) is 0.800. The molecule has 0 aliphatic heterocycles. The summed E-state index contributed by atoms with van der Waals surface area (Å²) in [6, 6.07) is 0. The minimum Gasteiger partial charge on any atom is -1.00 e. The van der Waals surface area contributed by atoms with Gasteiger partial charge < -0.3 is 13.1 Å². The van der Waals surface area contributed by atoms with Gasteiger partial charge >= 0.3 is 35.0 Å². The third-order valence-corrected chi connectivity index (χ3v) is 2.64. The molecule has 0 spiro atoms. The van der Waals surface area contributed by atoms with Crippen molar-refractivity contribution in [2.45, 2.75) is 40.5 Å². The van der Waals surface area contributed by atoms with E-state index in [1.807, 2.05) is 0 Å². The zero-order valence-electron chi connectivity index (χ0n) is 11.8. The van der Waals surface area contributed by atoms with Crippen LogP contribution in [0.15, 0.2) is 0 Å². The number of carbonyl (C=O) groups is 2. The SMILES string of the molecule is CCCC(C(=O)O)(C(=O)O)C(C)(C)C.[H-].[H-].[Mg+2]. The van der Waals surface area contributed by atoms with Crippen molar-refractivity contribution in [2.75, 3.05) is 0 Å². The van der Waals surface area contributed by atoms with Crippen molar-refractivity contribution in [3.63, 3.8) is 0 Å². The Morgan fingerprint density at radius 1 is 1.13 bits per heavy atom. The first-order chi connectivity index (χ1) is 6.20. The van der Waals surface area contributed by atoms with E-state index in [2.05, 4.69) is 0 Å². The zero-order valence-corrected chi connectivity index (χ0v) is 11.2. The maximum absolute atomic E-state index is 11.1. The van der Waals surface area contributed by atoms with Crippen LogP contribution in [0, 0.1) is 10.8 Å². The second-order valence-electron chi connectivity index (χ2n) is 4.52. The van der Waals surface area contributed by atoms with E-state index in [-0.39, 0.29) is 32.3 Å². The van der Waals surface area contributed by atoms with Crippen molar-refractivity contribution < 1.29 is 22.7 Å². The van der Waals surface area contributed by atoms with E-state index in [0.29, 0.717) is 6.42 Å². The molecule has 0 radical (unpaired) electrons. The molecule has 0 aliphatic rings. The molecule has 0 heterocycles. The van der Waals surface area contributed by atoms with Crippen LogP contribution in [0.3, 0.4) is 0 Å². The van der Waals surface area contributed by atoms with Gasteiger partial charge in [0.05, 0.1) is 0 Å². The summed E-state index contributed by atoms with van der Waals surface area (Å²) >= 11 is 0. The average Bonchev–Trinajstić information content (AvgIpc) is 1.95. The van der Waals surface area contributed by atoms with Gasteiger partial charge in [-0.25, -0.2) is 0 Å². The molecule has 5 heteroatoms. The quantitative estimate of drug-likeness (QED) is 0.569. The molecule has 4 nitrogen and oxygen atoms in total. The van der Waals surface area contributed by atoms with Gasteiger partial charge in [-0.3, -0.25) is 9.59 Å². The van der Waals surface area contributed by atoms with Crippen LogP contribution < -0.4 is 0 Å². The van der Waals surface area contributed by atoms with Crippen LogP contribution in [-0.4, -0.2) is 45.2 Å². The number of aliphatic carboxylic acids is 2. The summed E-state index contributed by atoms with van der Waals surface area (Å²) in [4.78, 5) is 22.2. The molecule has 0 unspecified atom stereocenters. The normalized spacial score (nSPS) is 11.7.